The second kappa shape index (κ2) is 5.46. The molecule has 1 aliphatic rings. The lowest BCUT2D eigenvalue weighted by atomic mass is 10.2. The Kier molecular flexibility index (Phi) is 3.96. The van der Waals surface area contributed by atoms with Crippen molar-refractivity contribution in [2.75, 3.05) is 25.6 Å². The molecule has 1 aromatic heterocycles. The fourth-order valence-corrected chi connectivity index (χ4v) is 2.16. The second-order valence-electron chi connectivity index (χ2n) is 3.89. The Hall–Kier alpha value is -0.870. The van der Waals surface area contributed by atoms with E-state index in [1.165, 1.54) is 5.56 Å². The molecule has 0 atom stereocenters. The summed E-state index contributed by atoms with van der Waals surface area (Å²) in [4.78, 5) is 8.49. The topological polar surface area (TPSA) is 47.0 Å². The SMILES string of the molecule is COCCCNc1nc(Cl)nc2c1CCC2. The van der Waals surface area contributed by atoms with Crippen LogP contribution in [0, 0.1) is 0 Å². The maximum atomic E-state index is 5.88. The number of halogens is 1. The normalized spacial score (nSPS) is 13.9. The number of hydrogen-bond acceptors (Lipinski definition) is 4. The largest absolute Gasteiger partial charge is 0.385 e. The van der Waals surface area contributed by atoms with Crippen LogP contribution in [0.4, 0.5) is 5.82 Å². The number of anilines is 1. The fraction of sp³-hybridized carbons (Fsp3) is 0.636. The predicted octanol–water partition coefficient (Wildman–Crippen LogP) is 2.07. The van der Waals surface area contributed by atoms with Gasteiger partial charge in [0.1, 0.15) is 5.82 Å². The maximum Gasteiger partial charge on any atom is 0.224 e. The van der Waals surface area contributed by atoms with Crippen molar-refractivity contribution in [2.45, 2.75) is 25.7 Å². The van der Waals surface area contributed by atoms with Gasteiger partial charge in [0.05, 0.1) is 5.69 Å². The first kappa shape index (κ1) is 11.6. The summed E-state index contributed by atoms with van der Waals surface area (Å²) in [5.41, 5.74) is 2.34. The first-order valence-electron chi connectivity index (χ1n) is 5.59. The maximum absolute atomic E-state index is 5.88. The van der Waals surface area contributed by atoms with Gasteiger partial charge in [0.15, 0.2) is 0 Å². The highest BCUT2D eigenvalue weighted by Crippen LogP contribution is 2.27. The molecule has 88 valence electrons. The molecule has 0 spiro atoms. The molecule has 0 bridgehead atoms. The van der Waals surface area contributed by atoms with Crippen LogP contribution >= 0.6 is 11.6 Å². The van der Waals surface area contributed by atoms with E-state index in [0.29, 0.717) is 5.28 Å². The highest BCUT2D eigenvalue weighted by Gasteiger charge is 2.18. The second-order valence-corrected chi connectivity index (χ2v) is 4.23. The van der Waals surface area contributed by atoms with Gasteiger partial charge in [-0.15, -0.1) is 0 Å². The Morgan fingerprint density at radius 3 is 3.06 bits per heavy atom. The third-order valence-electron chi connectivity index (χ3n) is 2.72. The van der Waals surface area contributed by atoms with Gasteiger partial charge in [-0.25, -0.2) is 9.97 Å². The number of rotatable bonds is 5. The molecule has 5 heteroatoms. The van der Waals surface area contributed by atoms with E-state index in [1.807, 2.05) is 0 Å². The van der Waals surface area contributed by atoms with E-state index in [0.717, 1.165) is 50.3 Å². The van der Waals surface area contributed by atoms with Crippen molar-refractivity contribution in [3.8, 4) is 0 Å². The molecule has 2 rings (SSSR count). The third-order valence-corrected chi connectivity index (χ3v) is 2.89. The van der Waals surface area contributed by atoms with E-state index in [9.17, 15) is 0 Å². The molecule has 1 aromatic rings. The van der Waals surface area contributed by atoms with Crippen molar-refractivity contribution >= 4 is 17.4 Å². The van der Waals surface area contributed by atoms with E-state index >= 15 is 0 Å². The van der Waals surface area contributed by atoms with Crippen molar-refractivity contribution in [3.63, 3.8) is 0 Å². The number of hydrogen-bond donors (Lipinski definition) is 1. The van der Waals surface area contributed by atoms with E-state index in [2.05, 4.69) is 15.3 Å². The number of methoxy groups -OCH3 is 1. The summed E-state index contributed by atoms with van der Waals surface area (Å²) in [6, 6.07) is 0. The highest BCUT2D eigenvalue weighted by atomic mass is 35.5. The van der Waals surface area contributed by atoms with Crippen molar-refractivity contribution in [2.24, 2.45) is 0 Å². The molecule has 1 heterocycles. The Morgan fingerprint density at radius 1 is 1.38 bits per heavy atom. The molecular formula is C11H16ClN3O. The average Bonchev–Trinajstić information content (AvgIpc) is 2.72. The Morgan fingerprint density at radius 2 is 2.25 bits per heavy atom. The molecule has 0 saturated carbocycles. The molecule has 0 fully saturated rings. The van der Waals surface area contributed by atoms with Crippen molar-refractivity contribution in [3.05, 3.63) is 16.5 Å². The van der Waals surface area contributed by atoms with Crippen LogP contribution in [0.15, 0.2) is 0 Å². The van der Waals surface area contributed by atoms with Crippen LogP contribution in [0.2, 0.25) is 5.28 Å². The molecule has 0 unspecified atom stereocenters. The van der Waals surface area contributed by atoms with Crippen molar-refractivity contribution in [1.82, 2.24) is 9.97 Å². The van der Waals surface area contributed by atoms with E-state index in [4.69, 9.17) is 16.3 Å². The number of nitrogens with one attached hydrogen (secondary N) is 1. The number of aromatic nitrogens is 2. The summed E-state index contributed by atoms with van der Waals surface area (Å²) in [7, 11) is 1.71. The summed E-state index contributed by atoms with van der Waals surface area (Å²) in [6.07, 6.45) is 4.19. The van der Waals surface area contributed by atoms with Crippen LogP contribution in [0.1, 0.15) is 24.1 Å². The van der Waals surface area contributed by atoms with Crippen LogP contribution in [0.3, 0.4) is 0 Å². The Bertz CT molecular complexity index is 370. The van der Waals surface area contributed by atoms with Gasteiger partial charge in [0, 0.05) is 25.8 Å². The minimum Gasteiger partial charge on any atom is -0.385 e. The minimum atomic E-state index is 0.342. The average molecular weight is 242 g/mol. The van der Waals surface area contributed by atoms with Gasteiger partial charge in [-0.3, -0.25) is 0 Å². The van der Waals surface area contributed by atoms with Gasteiger partial charge in [0.25, 0.3) is 0 Å². The quantitative estimate of drug-likeness (QED) is 0.633. The number of fused-ring (bicyclic) bond motifs is 1. The van der Waals surface area contributed by atoms with Gasteiger partial charge >= 0.3 is 0 Å². The molecule has 16 heavy (non-hydrogen) atoms. The molecule has 0 radical (unpaired) electrons. The first-order valence-corrected chi connectivity index (χ1v) is 5.97. The lowest BCUT2D eigenvalue weighted by Gasteiger charge is -2.09. The first-order chi connectivity index (χ1) is 7.81. The van der Waals surface area contributed by atoms with E-state index in [1.54, 1.807) is 7.11 Å². The Labute approximate surface area is 100 Å². The summed E-state index contributed by atoms with van der Waals surface area (Å²) in [6.45, 7) is 1.61. The van der Waals surface area contributed by atoms with E-state index in [-0.39, 0.29) is 0 Å². The molecule has 1 aliphatic carbocycles. The van der Waals surface area contributed by atoms with E-state index < -0.39 is 0 Å². The minimum absolute atomic E-state index is 0.342. The van der Waals surface area contributed by atoms with Crippen LogP contribution in [0.5, 0.6) is 0 Å². The molecule has 0 saturated heterocycles. The van der Waals surface area contributed by atoms with Crippen LogP contribution in [0.25, 0.3) is 0 Å². The highest BCUT2D eigenvalue weighted by molar-refractivity contribution is 6.28. The molecule has 0 aromatic carbocycles. The van der Waals surface area contributed by atoms with Gasteiger partial charge in [0.2, 0.25) is 5.28 Å². The van der Waals surface area contributed by atoms with Crippen molar-refractivity contribution in [1.29, 1.82) is 0 Å². The predicted molar refractivity (Wildman–Crippen MR) is 64.0 cm³/mol. The number of nitrogens with zero attached hydrogens (tertiary/aromatic N) is 2. The molecule has 0 aliphatic heterocycles. The summed E-state index contributed by atoms with van der Waals surface area (Å²) in [5, 5.41) is 3.65. The smallest absolute Gasteiger partial charge is 0.224 e. The monoisotopic (exact) mass is 241 g/mol. The standard InChI is InChI=1S/C11H16ClN3O/c1-16-7-3-6-13-10-8-4-2-5-9(8)14-11(12)15-10/h2-7H2,1H3,(H,13,14,15). The van der Waals surface area contributed by atoms with Gasteiger partial charge in [-0.2, -0.15) is 0 Å². The summed E-state index contributed by atoms with van der Waals surface area (Å²) in [5.74, 6) is 0.906. The van der Waals surface area contributed by atoms with Crippen molar-refractivity contribution < 1.29 is 4.74 Å². The lowest BCUT2D eigenvalue weighted by molar-refractivity contribution is 0.197. The summed E-state index contributed by atoms with van der Waals surface area (Å²) < 4.78 is 5.00. The van der Waals surface area contributed by atoms with Gasteiger partial charge < -0.3 is 10.1 Å². The van der Waals surface area contributed by atoms with Crippen LogP contribution in [-0.2, 0) is 17.6 Å². The van der Waals surface area contributed by atoms with Gasteiger partial charge in [-0.05, 0) is 37.3 Å². The van der Waals surface area contributed by atoms with Crippen LogP contribution in [-0.4, -0.2) is 30.2 Å². The zero-order valence-electron chi connectivity index (χ0n) is 9.42. The molecule has 1 N–H and O–H groups in total. The van der Waals surface area contributed by atoms with Crippen LogP contribution < -0.4 is 5.32 Å². The summed E-state index contributed by atoms with van der Waals surface area (Å²) >= 11 is 5.88. The fourth-order valence-electron chi connectivity index (χ4n) is 1.97. The number of ether oxygens (including phenoxy) is 1. The lowest BCUT2D eigenvalue weighted by Crippen LogP contribution is -2.09. The molecule has 0 amide bonds. The number of aryl methyl sites for hydroxylation is 1. The zero-order valence-corrected chi connectivity index (χ0v) is 10.2. The molecular weight excluding hydrogens is 226 g/mol. The third kappa shape index (κ3) is 2.62. The molecule has 4 nitrogen and oxygen atoms in total. The Balaban J connectivity index is 2.03. The zero-order chi connectivity index (χ0) is 11.4. The van der Waals surface area contributed by atoms with Gasteiger partial charge in [-0.1, -0.05) is 0 Å².